The third kappa shape index (κ3) is 2.74. The van der Waals surface area contributed by atoms with E-state index in [1.54, 1.807) is 0 Å². The smallest absolute Gasteiger partial charge is 0.205 e. The highest BCUT2D eigenvalue weighted by atomic mass is 79.9. The van der Waals surface area contributed by atoms with E-state index in [0.717, 1.165) is 47.2 Å². The molecule has 0 aromatic heterocycles. The monoisotopic (exact) mass is 380 g/mol. The van der Waals surface area contributed by atoms with E-state index in [2.05, 4.69) is 45.2 Å². The van der Waals surface area contributed by atoms with E-state index in [4.69, 9.17) is 10.00 Å². The zero-order valence-electron chi connectivity index (χ0n) is 13.3. The summed E-state index contributed by atoms with van der Waals surface area (Å²) in [6.45, 7) is 0. The van der Waals surface area contributed by atoms with Crippen LogP contribution in [0.5, 0.6) is 5.75 Å². The van der Waals surface area contributed by atoms with Gasteiger partial charge in [0.2, 0.25) is 6.19 Å². The Morgan fingerprint density at radius 1 is 1.12 bits per heavy atom. The van der Waals surface area contributed by atoms with Crippen LogP contribution in [0, 0.1) is 11.5 Å². The Kier molecular flexibility index (Phi) is 3.90. The predicted octanol–water partition coefficient (Wildman–Crippen LogP) is 4.82. The molecule has 24 heavy (non-hydrogen) atoms. The first kappa shape index (κ1) is 15.4. The van der Waals surface area contributed by atoms with Crippen LogP contribution in [0.3, 0.4) is 0 Å². The molecule has 4 rings (SSSR count). The van der Waals surface area contributed by atoms with Crippen molar-refractivity contribution < 1.29 is 4.74 Å². The normalized spacial score (nSPS) is 23.8. The van der Waals surface area contributed by atoms with Crippen LogP contribution in [0.15, 0.2) is 51.9 Å². The van der Waals surface area contributed by atoms with Crippen LogP contribution in [-0.2, 0) is 12.8 Å². The van der Waals surface area contributed by atoms with Crippen molar-refractivity contribution in [3.05, 3.63) is 63.6 Å². The summed E-state index contributed by atoms with van der Waals surface area (Å²) >= 11 is 3.50. The first-order valence-electron chi connectivity index (χ1n) is 8.20. The minimum absolute atomic E-state index is 0.302. The molecule has 1 unspecified atom stereocenters. The van der Waals surface area contributed by atoms with Crippen molar-refractivity contribution in [2.45, 2.75) is 37.7 Å². The molecule has 0 amide bonds. The summed E-state index contributed by atoms with van der Waals surface area (Å²) in [5.41, 5.74) is 4.22. The number of aryl methyl sites for hydroxylation is 1. The first-order valence-corrected chi connectivity index (χ1v) is 9.00. The molecule has 4 heteroatoms. The van der Waals surface area contributed by atoms with Gasteiger partial charge in [-0.3, -0.25) is 0 Å². The molecular formula is C20H17BrN2O. The molecule has 3 nitrogen and oxygen atoms in total. The number of aliphatic imine (C=N–C) groups is 1. The molecule has 120 valence electrons. The van der Waals surface area contributed by atoms with Crippen molar-refractivity contribution in [2.75, 3.05) is 0 Å². The molecule has 1 atom stereocenters. The summed E-state index contributed by atoms with van der Waals surface area (Å²) in [4.78, 5) is 4.12. The predicted molar refractivity (Wildman–Crippen MR) is 97.4 cm³/mol. The summed E-state index contributed by atoms with van der Waals surface area (Å²) in [5, 5.41) is 9.12. The van der Waals surface area contributed by atoms with Gasteiger partial charge in [-0.2, -0.15) is 10.3 Å². The van der Waals surface area contributed by atoms with Gasteiger partial charge in [0.15, 0.2) is 0 Å². The van der Waals surface area contributed by atoms with Crippen LogP contribution in [0.1, 0.15) is 36.0 Å². The lowest BCUT2D eigenvalue weighted by Gasteiger charge is -2.39. The van der Waals surface area contributed by atoms with Gasteiger partial charge in [-0.1, -0.05) is 40.2 Å². The molecule has 2 aromatic rings. The maximum Gasteiger partial charge on any atom is 0.205 e. The van der Waals surface area contributed by atoms with Gasteiger partial charge in [0.25, 0.3) is 0 Å². The van der Waals surface area contributed by atoms with Gasteiger partial charge >= 0.3 is 0 Å². The first-order chi connectivity index (χ1) is 11.7. The molecule has 0 saturated carbocycles. The molecule has 1 aliphatic heterocycles. The number of hydrogen-bond acceptors (Lipinski definition) is 3. The van der Waals surface area contributed by atoms with Crippen molar-refractivity contribution in [3.63, 3.8) is 0 Å². The van der Waals surface area contributed by atoms with E-state index in [1.165, 1.54) is 11.1 Å². The van der Waals surface area contributed by atoms with Crippen LogP contribution in [0.25, 0.3) is 0 Å². The molecule has 0 N–H and O–H groups in total. The summed E-state index contributed by atoms with van der Waals surface area (Å²) in [6, 6.07) is 14.6. The van der Waals surface area contributed by atoms with E-state index in [1.807, 2.05) is 24.4 Å². The topological polar surface area (TPSA) is 45.4 Å². The maximum atomic E-state index is 9.12. The van der Waals surface area contributed by atoms with Crippen molar-refractivity contribution in [3.8, 4) is 11.9 Å². The van der Waals surface area contributed by atoms with Crippen LogP contribution in [0.4, 0.5) is 0 Å². The van der Waals surface area contributed by atoms with Gasteiger partial charge in [-0.15, -0.1) is 0 Å². The van der Waals surface area contributed by atoms with Gasteiger partial charge in [0.1, 0.15) is 11.4 Å². The van der Waals surface area contributed by atoms with Crippen molar-refractivity contribution in [1.29, 1.82) is 5.26 Å². The Balaban J connectivity index is 1.79. The number of benzene rings is 2. The van der Waals surface area contributed by atoms with Gasteiger partial charge in [0, 0.05) is 22.9 Å². The van der Waals surface area contributed by atoms with E-state index in [9.17, 15) is 0 Å². The fourth-order valence-corrected chi connectivity index (χ4v) is 4.26. The van der Waals surface area contributed by atoms with Gasteiger partial charge in [-0.05, 0) is 48.6 Å². The van der Waals surface area contributed by atoms with Gasteiger partial charge in [0.05, 0.1) is 5.71 Å². The highest BCUT2D eigenvalue weighted by Gasteiger charge is 2.41. The summed E-state index contributed by atoms with van der Waals surface area (Å²) < 4.78 is 7.49. The van der Waals surface area contributed by atoms with Crippen molar-refractivity contribution in [1.82, 2.24) is 0 Å². The maximum absolute atomic E-state index is 9.12. The average Bonchev–Trinajstić information content (AvgIpc) is 2.74. The second-order valence-corrected chi connectivity index (χ2v) is 7.48. The molecule has 0 radical (unpaired) electrons. The van der Waals surface area contributed by atoms with E-state index in [0.29, 0.717) is 6.42 Å². The number of halogens is 1. The highest BCUT2D eigenvalue weighted by molar-refractivity contribution is 9.10. The lowest BCUT2D eigenvalue weighted by atomic mass is 9.82. The molecule has 2 aromatic carbocycles. The molecule has 0 saturated heterocycles. The second-order valence-electron chi connectivity index (χ2n) is 6.56. The Morgan fingerprint density at radius 2 is 1.96 bits per heavy atom. The lowest BCUT2D eigenvalue weighted by molar-refractivity contribution is 0.0618. The summed E-state index contributed by atoms with van der Waals surface area (Å²) in [6.07, 6.45) is 6.66. The Bertz CT molecular complexity index is 868. The standard InChI is InChI=1S/C20H17BrN2O/c21-16-7-8-19-17(10-16)18(23-13-22)12-20(24-19)9-3-6-14-4-1-2-5-15(14)11-20/h1-2,4-5,7-8,10H,3,6,9,11-12H2/b23-18-. The van der Waals surface area contributed by atoms with Crippen molar-refractivity contribution >= 4 is 21.6 Å². The summed E-state index contributed by atoms with van der Waals surface area (Å²) in [5.74, 6) is 0.831. The average molecular weight is 381 g/mol. The Hall–Kier alpha value is -2.12. The number of rotatable bonds is 0. The second kappa shape index (κ2) is 6.07. The largest absolute Gasteiger partial charge is 0.486 e. The molecule has 0 bridgehead atoms. The molecule has 0 fully saturated rings. The zero-order valence-corrected chi connectivity index (χ0v) is 14.8. The molecule has 1 spiro atoms. The highest BCUT2D eigenvalue weighted by Crippen LogP contribution is 2.41. The minimum atomic E-state index is -0.302. The SMILES string of the molecule is N#C/N=C1/CC2(CCCc3ccccc3C2)Oc2ccc(Br)cc21. The van der Waals surface area contributed by atoms with Crippen molar-refractivity contribution in [2.24, 2.45) is 4.99 Å². The Morgan fingerprint density at radius 3 is 2.79 bits per heavy atom. The third-order valence-electron chi connectivity index (χ3n) is 4.96. The fourth-order valence-electron chi connectivity index (χ4n) is 3.89. The van der Waals surface area contributed by atoms with Crippen LogP contribution in [0.2, 0.25) is 0 Å². The van der Waals surface area contributed by atoms with Gasteiger partial charge < -0.3 is 4.74 Å². The third-order valence-corrected chi connectivity index (χ3v) is 5.46. The molecule has 1 aliphatic carbocycles. The van der Waals surface area contributed by atoms with E-state index < -0.39 is 0 Å². The van der Waals surface area contributed by atoms with E-state index >= 15 is 0 Å². The molecular weight excluding hydrogens is 364 g/mol. The van der Waals surface area contributed by atoms with Crippen LogP contribution < -0.4 is 4.74 Å². The fraction of sp³-hybridized carbons (Fsp3) is 0.300. The number of ether oxygens (including phenoxy) is 1. The van der Waals surface area contributed by atoms with Gasteiger partial charge in [-0.25, -0.2) is 0 Å². The summed E-state index contributed by atoms with van der Waals surface area (Å²) in [7, 11) is 0. The Labute approximate surface area is 150 Å². The van der Waals surface area contributed by atoms with Crippen LogP contribution in [-0.4, -0.2) is 11.3 Å². The lowest BCUT2D eigenvalue weighted by Crippen LogP contribution is -2.43. The zero-order chi connectivity index (χ0) is 16.6. The quantitative estimate of drug-likeness (QED) is 0.615. The molecule has 2 aliphatic rings. The number of nitriles is 1. The minimum Gasteiger partial charge on any atom is -0.486 e. The molecule has 1 heterocycles. The number of hydrogen-bond donors (Lipinski definition) is 0. The van der Waals surface area contributed by atoms with E-state index in [-0.39, 0.29) is 5.60 Å². The van der Waals surface area contributed by atoms with Crippen LogP contribution >= 0.6 is 15.9 Å². The number of nitrogens with zero attached hydrogens (tertiary/aromatic N) is 2. The number of fused-ring (bicyclic) bond motifs is 2.